The zero-order chi connectivity index (χ0) is 21.1. The maximum absolute atomic E-state index is 14.8. The SMILES string of the molecule is CSc1ncc(CN2CCN(c3c(F)cccc3C(O)c3nccn3C)CC2)cn1. The number of aryl methyl sites for hydroxylation is 1. The highest BCUT2D eigenvalue weighted by Crippen LogP contribution is 2.33. The molecule has 3 heterocycles. The lowest BCUT2D eigenvalue weighted by molar-refractivity contribution is 0.205. The summed E-state index contributed by atoms with van der Waals surface area (Å²) in [7, 11) is 1.82. The molecule has 1 saturated heterocycles. The molecule has 1 N–H and O–H groups in total. The highest BCUT2D eigenvalue weighted by Gasteiger charge is 2.26. The van der Waals surface area contributed by atoms with Gasteiger partial charge in [-0.3, -0.25) is 4.90 Å². The second kappa shape index (κ2) is 9.11. The number of rotatable bonds is 6. The number of piperazine rings is 1. The molecule has 30 heavy (non-hydrogen) atoms. The minimum absolute atomic E-state index is 0.324. The van der Waals surface area contributed by atoms with E-state index < -0.39 is 6.10 Å². The molecule has 1 aliphatic rings. The van der Waals surface area contributed by atoms with Crippen LogP contribution in [0.25, 0.3) is 0 Å². The van der Waals surface area contributed by atoms with Gasteiger partial charge in [-0.2, -0.15) is 0 Å². The standard InChI is InChI=1S/C21H25FN6OS/c1-26-7-6-23-20(26)19(29)16-4-3-5-17(22)18(16)28-10-8-27(9-11-28)14-15-12-24-21(30-2)25-13-15/h3-7,12-13,19,29H,8-11,14H2,1-2H3. The third-order valence-electron chi connectivity index (χ3n) is 5.37. The van der Waals surface area contributed by atoms with Gasteiger partial charge in [0.15, 0.2) is 5.16 Å². The minimum Gasteiger partial charge on any atom is -0.380 e. The second-order valence-electron chi connectivity index (χ2n) is 7.32. The topological polar surface area (TPSA) is 70.3 Å². The van der Waals surface area contributed by atoms with E-state index in [9.17, 15) is 9.50 Å². The summed E-state index contributed by atoms with van der Waals surface area (Å²) in [5, 5.41) is 11.7. The van der Waals surface area contributed by atoms with Crippen molar-refractivity contribution in [2.45, 2.75) is 17.8 Å². The number of aliphatic hydroxyl groups excluding tert-OH is 1. The van der Waals surface area contributed by atoms with Crippen LogP contribution in [0.1, 0.15) is 23.1 Å². The zero-order valence-corrected chi connectivity index (χ0v) is 17.9. The molecule has 1 unspecified atom stereocenters. The van der Waals surface area contributed by atoms with E-state index in [0.717, 1.165) is 30.4 Å². The Kier molecular flexibility index (Phi) is 6.31. The van der Waals surface area contributed by atoms with Crippen LogP contribution in [-0.4, -0.2) is 62.0 Å². The monoisotopic (exact) mass is 428 g/mol. The Bertz CT molecular complexity index is 987. The highest BCUT2D eigenvalue weighted by molar-refractivity contribution is 7.98. The third kappa shape index (κ3) is 4.33. The molecule has 1 aliphatic heterocycles. The van der Waals surface area contributed by atoms with Crippen LogP contribution in [0.4, 0.5) is 10.1 Å². The van der Waals surface area contributed by atoms with E-state index in [4.69, 9.17) is 0 Å². The van der Waals surface area contributed by atoms with Gasteiger partial charge in [0, 0.05) is 75.7 Å². The van der Waals surface area contributed by atoms with Crippen LogP contribution in [-0.2, 0) is 13.6 Å². The fraction of sp³-hybridized carbons (Fsp3) is 0.381. The van der Waals surface area contributed by atoms with Gasteiger partial charge < -0.3 is 14.6 Å². The molecule has 2 aromatic heterocycles. The van der Waals surface area contributed by atoms with Crippen LogP contribution >= 0.6 is 11.8 Å². The van der Waals surface area contributed by atoms with Gasteiger partial charge in [0.1, 0.15) is 17.7 Å². The first-order valence-electron chi connectivity index (χ1n) is 9.82. The molecule has 7 nitrogen and oxygen atoms in total. The molecule has 0 bridgehead atoms. The number of hydrogen-bond donors (Lipinski definition) is 1. The molecule has 158 valence electrons. The summed E-state index contributed by atoms with van der Waals surface area (Å²) in [6.07, 6.45) is 8.10. The summed E-state index contributed by atoms with van der Waals surface area (Å²) in [6.45, 7) is 3.69. The van der Waals surface area contributed by atoms with E-state index in [1.165, 1.54) is 17.8 Å². The predicted octanol–water partition coefficient (Wildman–Crippen LogP) is 2.48. The van der Waals surface area contributed by atoms with Crippen molar-refractivity contribution in [2.24, 2.45) is 7.05 Å². The van der Waals surface area contributed by atoms with Crippen molar-refractivity contribution < 1.29 is 9.50 Å². The Morgan fingerprint density at radius 2 is 1.87 bits per heavy atom. The molecule has 0 saturated carbocycles. The average molecular weight is 429 g/mol. The Balaban J connectivity index is 1.47. The van der Waals surface area contributed by atoms with Crippen molar-refractivity contribution in [1.29, 1.82) is 0 Å². The number of para-hydroxylation sites is 1. The first kappa shape index (κ1) is 20.8. The van der Waals surface area contributed by atoms with Crippen molar-refractivity contribution >= 4 is 17.4 Å². The number of hydrogen-bond acceptors (Lipinski definition) is 7. The Morgan fingerprint density at radius 1 is 1.13 bits per heavy atom. The molecule has 1 fully saturated rings. The van der Waals surface area contributed by atoms with Crippen molar-refractivity contribution in [3.05, 3.63) is 65.8 Å². The quantitative estimate of drug-likeness (QED) is 0.478. The molecule has 0 radical (unpaired) electrons. The number of imidazole rings is 1. The third-order valence-corrected chi connectivity index (χ3v) is 5.95. The van der Waals surface area contributed by atoms with Crippen LogP contribution in [0.3, 0.4) is 0 Å². The second-order valence-corrected chi connectivity index (χ2v) is 8.09. The lowest BCUT2D eigenvalue weighted by atomic mass is 10.0. The van der Waals surface area contributed by atoms with Gasteiger partial charge in [-0.1, -0.05) is 23.9 Å². The Morgan fingerprint density at radius 3 is 2.50 bits per heavy atom. The minimum atomic E-state index is -0.985. The summed E-state index contributed by atoms with van der Waals surface area (Å²) in [6, 6.07) is 4.85. The van der Waals surface area contributed by atoms with Gasteiger partial charge >= 0.3 is 0 Å². The smallest absolute Gasteiger partial charge is 0.187 e. The van der Waals surface area contributed by atoms with E-state index in [2.05, 4.69) is 19.9 Å². The summed E-state index contributed by atoms with van der Waals surface area (Å²) in [5.41, 5.74) is 2.07. The molecule has 1 atom stereocenters. The average Bonchev–Trinajstić information content (AvgIpc) is 3.20. The summed E-state index contributed by atoms with van der Waals surface area (Å²) >= 11 is 1.52. The molecule has 4 rings (SSSR count). The lowest BCUT2D eigenvalue weighted by Crippen LogP contribution is -2.46. The van der Waals surface area contributed by atoms with Crippen LogP contribution in [0, 0.1) is 5.82 Å². The van der Waals surface area contributed by atoms with Crippen LogP contribution in [0.2, 0.25) is 0 Å². The number of thioether (sulfide) groups is 1. The molecular formula is C21H25FN6OS. The molecule has 9 heteroatoms. The fourth-order valence-corrected chi connectivity index (χ4v) is 4.10. The maximum atomic E-state index is 14.8. The molecular weight excluding hydrogens is 403 g/mol. The molecule has 0 amide bonds. The van der Waals surface area contributed by atoms with Crippen LogP contribution < -0.4 is 4.90 Å². The number of anilines is 1. The van der Waals surface area contributed by atoms with Crippen molar-refractivity contribution in [3.8, 4) is 0 Å². The van der Waals surface area contributed by atoms with Gasteiger partial charge in [0.2, 0.25) is 0 Å². The van der Waals surface area contributed by atoms with Crippen molar-refractivity contribution in [1.82, 2.24) is 24.4 Å². The Labute approximate surface area is 179 Å². The Hall–Kier alpha value is -2.49. The van der Waals surface area contributed by atoms with Gasteiger partial charge in [-0.25, -0.2) is 19.3 Å². The fourth-order valence-electron chi connectivity index (χ4n) is 3.78. The molecule has 0 spiro atoms. The maximum Gasteiger partial charge on any atom is 0.187 e. The van der Waals surface area contributed by atoms with E-state index in [1.807, 2.05) is 30.6 Å². The first-order valence-corrected chi connectivity index (χ1v) is 11.0. The van der Waals surface area contributed by atoms with Crippen LogP contribution in [0.5, 0.6) is 0 Å². The summed E-state index contributed by atoms with van der Waals surface area (Å²) in [5.74, 6) is 0.171. The predicted molar refractivity (Wildman–Crippen MR) is 115 cm³/mol. The van der Waals surface area contributed by atoms with Crippen LogP contribution in [0.15, 0.2) is 48.1 Å². The number of nitrogens with zero attached hydrogens (tertiary/aromatic N) is 6. The molecule has 1 aromatic carbocycles. The number of aliphatic hydroxyl groups is 1. The van der Waals surface area contributed by atoms with Gasteiger partial charge in [0.25, 0.3) is 0 Å². The van der Waals surface area contributed by atoms with E-state index in [-0.39, 0.29) is 5.82 Å². The molecule has 3 aromatic rings. The first-order chi connectivity index (χ1) is 14.6. The van der Waals surface area contributed by atoms with E-state index in [1.54, 1.807) is 29.1 Å². The van der Waals surface area contributed by atoms with Gasteiger partial charge in [0.05, 0.1) is 5.69 Å². The van der Waals surface area contributed by atoms with Gasteiger partial charge in [-0.05, 0) is 12.3 Å². The van der Waals surface area contributed by atoms with E-state index in [0.29, 0.717) is 30.2 Å². The summed E-state index contributed by atoms with van der Waals surface area (Å²) in [4.78, 5) is 17.2. The summed E-state index contributed by atoms with van der Waals surface area (Å²) < 4.78 is 16.6. The number of benzene rings is 1. The zero-order valence-electron chi connectivity index (χ0n) is 17.1. The number of aromatic nitrogens is 4. The molecule has 0 aliphatic carbocycles. The van der Waals surface area contributed by atoms with Gasteiger partial charge in [-0.15, -0.1) is 0 Å². The lowest BCUT2D eigenvalue weighted by Gasteiger charge is -2.37. The van der Waals surface area contributed by atoms with E-state index >= 15 is 0 Å². The largest absolute Gasteiger partial charge is 0.380 e. The highest BCUT2D eigenvalue weighted by atomic mass is 32.2. The van der Waals surface area contributed by atoms with Crippen molar-refractivity contribution in [2.75, 3.05) is 37.3 Å². The normalized spacial score (nSPS) is 16.1. The van der Waals surface area contributed by atoms with Crippen molar-refractivity contribution in [3.63, 3.8) is 0 Å². The number of halogens is 1.